The van der Waals surface area contributed by atoms with E-state index in [1.165, 1.54) is 0 Å². The van der Waals surface area contributed by atoms with Crippen molar-refractivity contribution in [3.05, 3.63) is 72.9 Å². The van der Waals surface area contributed by atoms with Crippen LogP contribution in [0.1, 0.15) is 30.3 Å². The molecule has 1 amide bonds. The topological polar surface area (TPSA) is 55.4 Å². The summed E-state index contributed by atoms with van der Waals surface area (Å²) in [5, 5.41) is 4.53. The number of carbonyl (C=O) groups excluding carboxylic acids is 1. The molecule has 0 aliphatic carbocycles. The summed E-state index contributed by atoms with van der Waals surface area (Å²) in [5.41, 5.74) is 3.72. The molecule has 4 heterocycles. The molecule has 6 heteroatoms. The van der Waals surface area contributed by atoms with Gasteiger partial charge in [-0.2, -0.15) is 5.10 Å². The van der Waals surface area contributed by atoms with Crippen LogP contribution in [0.15, 0.2) is 67.3 Å². The number of nitrogens with zero attached hydrogens (tertiary/aromatic N) is 5. The van der Waals surface area contributed by atoms with Gasteiger partial charge in [0.15, 0.2) is 5.69 Å². The van der Waals surface area contributed by atoms with Gasteiger partial charge >= 0.3 is 0 Å². The van der Waals surface area contributed by atoms with Crippen LogP contribution in [0, 0.1) is 0 Å². The van der Waals surface area contributed by atoms with E-state index in [2.05, 4.69) is 39.7 Å². The minimum absolute atomic E-state index is 0.0504. The first-order valence-electron chi connectivity index (χ1n) is 9.50. The molecule has 0 saturated heterocycles. The van der Waals surface area contributed by atoms with Gasteiger partial charge in [-0.25, -0.2) is 4.68 Å². The van der Waals surface area contributed by atoms with Crippen LogP contribution in [-0.2, 0) is 0 Å². The van der Waals surface area contributed by atoms with Gasteiger partial charge in [-0.05, 0) is 53.9 Å². The highest BCUT2D eigenvalue weighted by Gasteiger charge is 2.15. The fourth-order valence-corrected chi connectivity index (χ4v) is 3.25. The lowest BCUT2D eigenvalue weighted by atomic mass is 10.1. The van der Waals surface area contributed by atoms with E-state index in [0.717, 1.165) is 41.8 Å². The Morgan fingerprint density at radius 1 is 1.04 bits per heavy atom. The Morgan fingerprint density at radius 3 is 2.61 bits per heavy atom. The molecule has 0 spiro atoms. The Kier molecular flexibility index (Phi) is 4.93. The average Bonchev–Trinajstić information content (AvgIpc) is 3.38. The van der Waals surface area contributed by atoms with E-state index < -0.39 is 0 Å². The van der Waals surface area contributed by atoms with Crippen LogP contribution >= 0.6 is 0 Å². The summed E-state index contributed by atoms with van der Waals surface area (Å²) in [6, 6.07) is 14.0. The summed E-state index contributed by atoms with van der Waals surface area (Å²) < 4.78 is 3.84. The molecule has 6 nitrogen and oxygen atoms in total. The smallest absolute Gasteiger partial charge is 0.274 e. The maximum absolute atomic E-state index is 12.6. The first-order valence-corrected chi connectivity index (χ1v) is 9.50. The zero-order valence-electron chi connectivity index (χ0n) is 16.1. The molecule has 4 aromatic rings. The number of pyridine rings is 2. The summed E-state index contributed by atoms with van der Waals surface area (Å²) in [6.45, 7) is 2.86. The number of aromatic nitrogens is 4. The standard InChI is InChI=1S/C22H23N5O/c1-3-4-14-25(2)22(28)20-11-15-27(24-20)21-8-7-19-6-5-18(16-26(19)21)17-9-12-23-13-10-17/h5-13,15-16H,3-4,14H2,1-2H3. The molecule has 4 aromatic heterocycles. The largest absolute Gasteiger partial charge is 0.340 e. The Bertz CT molecular complexity index is 1100. The van der Waals surface area contributed by atoms with E-state index in [4.69, 9.17) is 0 Å². The second-order valence-corrected chi connectivity index (χ2v) is 6.87. The van der Waals surface area contributed by atoms with Gasteiger partial charge in [0.1, 0.15) is 5.82 Å². The molecule has 0 saturated carbocycles. The number of unbranched alkanes of at least 4 members (excludes halogenated alkanes) is 1. The lowest BCUT2D eigenvalue weighted by molar-refractivity contribution is 0.0787. The molecule has 0 radical (unpaired) electrons. The van der Waals surface area contributed by atoms with Crippen LogP contribution < -0.4 is 0 Å². The molecule has 0 aromatic carbocycles. The van der Waals surface area contributed by atoms with E-state index in [9.17, 15) is 4.79 Å². The lowest BCUT2D eigenvalue weighted by Crippen LogP contribution is -2.28. The number of carbonyl (C=O) groups is 1. The van der Waals surface area contributed by atoms with Crippen molar-refractivity contribution in [2.24, 2.45) is 0 Å². The fraction of sp³-hybridized carbons (Fsp3) is 0.227. The quantitative estimate of drug-likeness (QED) is 0.512. The van der Waals surface area contributed by atoms with Crippen molar-refractivity contribution >= 4 is 11.4 Å². The highest BCUT2D eigenvalue weighted by molar-refractivity contribution is 5.92. The molecule has 28 heavy (non-hydrogen) atoms. The van der Waals surface area contributed by atoms with Crippen molar-refractivity contribution in [1.29, 1.82) is 0 Å². The number of rotatable bonds is 6. The van der Waals surface area contributed by atoms with Crippen LogP contribution in [0.2, 0.25) is 0 Å². The lowest BCUT2D eigenvalue weighted by Gasteiger charge is -2.14. The minimum Gasteiger partial charge on any atom is -0.340 e. The monoisotopic (exact) mass is 373 g/mol. The predicted octanol–water partition coefficient (Wildman–Crippen LogP) is 4.06. The zero-order valence-corrected chi connectivity index (χ0v) is 16.1. The summed E-state index contributed by atoms with van der Waals surface area (Å²) in [6.07, 6.45) is 9.54. The van der Waals surface area contributed by atoms with E-state index in [1.54, 1.807) is 28.0 Å². The van der Waals surface area contributed by atoms with Gasteiger partial charge in [-0.3, -0.25) is 9.78 Å². The van der Waals surface area contributed by atoms with Crippen molar-refractivity contribution in [3.63, 3.8) is 0 Å². The summed E-state index contributed by atoms with van der Waals surface area (Å²) >= 11 is 0. The van der Waals surface area contributed by atoms with Gasteiger partial charge in [0.05, 0.1) is 0 Å². The minimum atomic E-state index is -0.0504. The van der Waals surface area contributed by atoms with E-state index in [-0.39, 0.29) is 5.91 Å². The normalized spacial score (nSPS) is 11.1. The van der Waals surface area contributed by atoms with Crippen molar-refractivity contribution in [2.75, 3.05) is 13.6 Å². The van der Waals surface area contributed by atoms with Crippen LogP contribution in [0.3, 0.4) is 0 Å². The number of amides is 1. The van der Waals surface area contributed by atoms with Crippen molar-refractivity contribution in [3.8, 4) is 16.9 Å². The van der Waals surface area contributed by atoms with Crippen molar-refractivity contribution in [1.82, 2.24) is 24.1 Å². The Balaban J connectivity index is 1.66. The van der Waals surface area contributed by atoms with Gasteiger partial charge < -0.3 is 9.30 Å². The van der Waals surface area contributed by atoms with Crippen molar-refractivity contribution < 1.29 is 4.79 Å². The van der Waals surface area contributed by atoms with Crippen LogP contribution in [-0.4, -0.2) is 43.6 Å². The second kappa shape index (κ2) is 7.68. The third-order valence-corrected chi connectivity index (χ3v) is 4.88. The van der Waals surface area contributed by atoms with Crippen molar-refractivity contribution in [2.45, 2.75) is 19.8 Å². The molecular weight excluding hydrogens is 350 g/mol. The highest BCUT2D eigenvalue weighted by Crippen LogP contribution is 2.22. The van der Waals surface area contributed by atoms with Gasteiger partial charge in [0.25, 0.3) is 5.91 Å². The highest BCUT2D eigenvalue weighted by atomic mass is 16.2. The number of fused-ring (bicyclic) bond motifs is 1. The van der Waals surface area contributed by atoms with E-state index >= 15 is 0 Å². The third kappa shape index (κ3) is 3.41. The van der Waals surface area contributed by atoms with Crippen LogP contribution in [0.4, 0.5) is 0 Å². The van der Waals surface area contributed by atoms with Gasteiger partial charge in [-0.1, -0.05) is 19.4 Å². The van der Waals surface area contributed by atoms with Gasteiger partial charge in [-0.15, -0.1) is 0 Å². The number of hydrogen-bond acceptors (Lipinski definition) is 3. The Morgan fingerprint density at radius 2 is 1.82 bits per heavy atom. The molecular formula is C22H23N5O. The van der Waals surface area contributed by atoms with Crippen LogP contribution in [0.25, 0.3) is 22.5 Å². The molecule has 0 fully saturated rings. The first-order chi connectivity index (χ1) is 13.7. The molecule has 0 N–H and O–H groups in total. The fourth-order valence-electron chi connectivity index (χ4n) is 3.25. The summed E-state index contributed by atoms with van der Waals surface area (Å²) in [7, 11) is 1.82. The average molecular weight is 373 g/mol. The number of hydrogen-bond donors (Lipinski definition) is 0. The molecule has 0 atom stereocenters. The predicted molar refractivity (Wildman–Crippen MR) is 110 cm³/mol. The van der Waals surface area contributed by atoms with E-state index in [0.29, 0.717) is 5.69 Å². The van der Waals surface area contributed by atoms with Gasteiger partial charge in [0.2, 0.25) is 0 Å². The van der Waals surface area contributed by atoms with Crippen LogP contribution in [0.5, 0.6) is 0 Å². The first kappa shape index (κ1) is 18.0. The Labute approximate surface area is 164 Å². The molecule has 4 rings (SSSR count). The molecule has 0 unspecified atom stereocenters. The van der Waals surface area contributed by atoms with E-state index in [1.807, 2.05) is 37.5 Å². The maximum Gasteiger partial charge on any atom is 0.274 e. The van der Waals surface area contributed by atoms with Gasteiger partial charge in [0, 0.05) is 43.9 Å². The molecule has 142 valence electrons. The zero-order chi connectivity index (χ0) is 19.5. The SMILES string of the molecule is CCCCN(C)C(=O)c1ccn(-c2ccc3ccc(-c4ccncc4)cn23)n1. The summed E-state index contributed by atoms with van der Waals surface area (Å²) in [5.74, 6) is 0.840. The molecule has 0 aliphatic heterocycles. The summed E-state index contributed by atoms with van der Waals surface area (Å²) in [4.78, 5) is 18.4. The molecule has 0 bridgehead atoms. The second-order valence-electron chi connectivity index (χ2n) is 6.87. The third-order valence-electron chi connectivity index (χ3n) is 4.88. The Hall–Kier alpha value is -3.41. The maximum atomic E-state index is 12.6. The molecule has 0 aliphatic rings.